The molecule has 0 bridgehead atoms. The number of methoxy groups -OCH3 is 1. The van der Waals surface area contributed by atoms with E-state index in [4.69, 9.17) is 9.47 Å². The van der Waals surface area contributed by atoms with Gasteiger partial charge in [-0.25, -0.2) is 0 Å². The Morgan fingerprint density at radius 3 is 2.56 bits per heavy atom. The summed E-state index contributed by atoms with van der Waals surface area (Å²) in [5.74, 6) is 0. The Morgan fingerprint density at radius 1 is 1.38 bits per heavy atom. The van der Waals surface area contributed by atoms with E-state index in [2.05, 4.69) is 32.7 Å². The lowest BCUT2D eigenvalue weighted by Gasteiger charge is -2.25. The molecule has 3 nitrogen and oxygen atoms in total. The minimum absolute atomic E-state index is 0.121. The molecule has 0 heterocycles. The second-order valence-electron chi connectivity index (χ2n) is 5.01. The largest absolute Gasteiger partial charge is 0.382 e. The molecule has 0 rings (SSSR count). The summed E-state index contributed by atoms with van der Waals surface area (Å²) in [6, 6.07) is 0. The van der Waals surface area contributed by atoms with Gasteiger partial charge in [-0.2, -0.15) is 0 Å². The van der Waals surface area contributed by atoms with Crippen molar-refractivity contribution >= 4 is 0 Å². The van der Waals surface area contributed by atoms with Crippen LogP contribution >= 0.6 is 0 Å². The van der Waals surface area contributed by atoms with Crippen LogP contribution in [0.2, 0.25) is 0 Å². The third kappa shape index (κ3) is 10.1. The topological polar surface area (TPSA) is 30.5 Å². The maximum absolute atomic E-state index is 5.74. The lowest BCUT2D eigenvalue weighted by molar-refractivity contribution is -0.00439. The molecule has 3 heteroatoms. The highest BCUT2D eigenvalue weighted by Gasteiger charge is 2.14. The normalized spacial score (nSPS) is 13.8. The first-order valence-corrected chi connectivity index (χ1v) is 5.96. The van der Waals surface area contributed by atoms with E-state index >= 15 is 0 Å². The van der Waals surface area contributed by atoms with Gasteiger partial charge in [0.2, 0.25) is 0 Å². The first-order chi connectivity index (χ1) is 7.49. The molecule has 0 aromatic carbocycles. The Morgan fingerprint density at radius 2 is 2.06 bits per heavy atom. The molecule has 1 atom stereocenters. The van der Waals surface area contributed by atoms with Crippen molar-refractivity contribution in [1.82, 2.24) is 5.32 Å². The molecule has 16 heavy (non-hydrogen) atoms. The van der Waals surface area contributed by atoms with Crippen LogP contribution in [0.1, 0.15) is 33.6 Å². The SMILES string of the molecule is C=CCCCOC(CNC(C)(C)C)COC. The third-order valence-corrected chi connectivity index (χ3v) is 2.12. The molecule has 0 spiro atoms. The van der Waals surface area contributed by atoms with E-state index in [-0.39, 0.29) is 11.6 Å². The number of ether oxygens (including phenoxy) is 2. The van der Waals surface area contributed by atoms with Crippen molar-refractivity contribution in [2.75, 3.05) is 26.9 Å². The van der Waals surface area contributed by atoms with Crippen molar-refractivity contribution in [2.24, 2.45) is 0 Å². The fourth-order valence-electron chi connectivity index (χ4n) is 1.25. The summed E-state index contributed by atoms with van der Waals surface area (Å²) in [4.78, 5) is 0. The molecular formula is C13H27NO2. The Kier molecular flexibility index (Phi) is 8.53. The number of rotatable bonds is 9. The van der Waals surface area contributed by atoms with Crippen LogP contribution in [0.4, 0.5) is 0 Å². The van der Waals surface area contributed by atoms with Crippen molar-refractivity contribution < 1.29 is 9.47 Å². The quantitative estimate of drug-likeness (QED) is 0.486. The predicted molar refractivity (Wildman–Crippen MR) is 68.8 cm³/mol. The van der Waals surface area contributed by atoms with Gasteiger partial charge in [-0.05, 0) is 33.6 Å². The maximum Gasteiger partial charge on any atom is 0.0932 e. The molecule has 1 unspecified atom stereocenters. The maximum atomic E-state index is 5.74. The summed E-state index contributed by atoms with van der Waals surface area (Å²) in [6.07, 6.45) is 4.09. The Balaban J connectivity index is 3.74. The standard InChI is InChI=1S/C13H27NO2/c1-6-7-8-9-16-12(11-15-5)10-14-13(2,3)4/h6,12,14H,1,7-11H2,2-5H3. The monoisotopic (exact) mass is 229 g/mol. The van der Waals surface area contributed by atoms with Gasteiger partial charge < -0.3 is 14.8 Å². The minimum atomic E-state index is 0.121. The molecule has 0 fully saturated rings. The van der Waals surface area contributed by atoms with E-state index in [1.54, 1.807) is 7.11 Å². The first-order valence-electron chi connectivity index (χ1n) is 5.96. The van der Waals surface area contributed by atoms with Crippen LogP contribution in [0.3, 0.4) is 0 Å². The van der Waals surface area contributed by atoms with Crippen molar-refractivity contribution in [3.05, 3.63) is 12.7 Å². The van der Waals surface area contributed by atoms with Gasteiger partial charge in [-0.1, -0.05) is 6.08 Å². The molecule has 0 aromatic rings. The van der Waals surface area contributed by atoms with Crippen LogP contribution in [0.25, 0.3) is 0 Å². The van der Waals surface area contributed by atoms with Gasteiger partial charge in [0.25, 0.3) is 0 Å². The van der Waals surface area contributed by atoms with Crippen LogP contribution in [0, 0.1) is 0 Å². The van der Waals surface area contributed by atoms with Gasteiger partial charge in [0.05, 0.1) is 12.7 Å². The number of nitrogens with one attached hydrogen (secondary N) is 1. The Bertz CT molecular complexity index is 175. The first kappa shape index (κ1) is 15.6. The van der Waals surface area contributed by atoms with Crippen molar-refractivity contribution in [2.45, 2.75) is 45.3 Å². The van der Waals surface area contributed by atoms with Crippen molar-refractivity contribution in [1.29, 1.82) is 0 Å². The Hall–Kier alpha value is -0.380. The molecule has 0 aliphatic carbocycles. The average molecular weight is 229 g/mol. The fourth-order valence-corrected chi connectivity index (χ4v) is 1.25. The molecule has 0 saturated heterocycles. The smallest absolute Gasteiger partial charge is 0.0932 e. The van der Waals surface area contributed by atoms with Gasteiger partial charge in [0.15, 0.2) is 0 Å². The van der Waals surface area contributed by atoms with E-state index in [1.165, 1.54) is 0 Å². The zero-order valence-electron chi connectivity index (χ0n) is 11.2. The van der Waals surface area contributed by atoms with Gasteiger partial charge in [0, 0.05) is 25.8 Å². The highest BCUT2D eigenvalue weighted by Crippen LogP contribution is 2.02. The Labute approximate surface area is 100 Å². The molecular weight excluding hydrogens is 202 g/mol. The van der Waals surface area contributed by atoms with E-state index in [1.807, 2.05) is 6.08 Å². The molecule has 0 aromatic heterocycles. The molecule has 0 aliphatic heterocycles. The molecule has 0 amide bonds. The highest BCUT2D eigenvalue weighted by atomic mass is 16.5. The summed E-state index contributed by atoms with van der Waals surface area (Å²) in [6.45, 7) is 12.4. The molecule has 0 aliphatic rings. The van der Waals surface area contributed by atoms with Crippen molar-refractivity contribution in [3.8, 4) is 0 Å². The summed E-state index contributed by atoms with van der Waals surface area (Å²) in [5, 5.41) is 3.42. The number of unbranched alkanes of at least 4 members (excludes halogenated alkanes) is 1. The molecule has 0 radical (unpaired) electrons. The van der Waals surface area contributed by atoms with E-state index in [0.29, 0.717) is 6.61 Å². The number of hydrogen-bond acceptors (Lipinski definition) is 3. The minimum Gasteiger partial charge on any atom is -0.382 e. The average Bonchev–Trinajstić information content (AvgIpc) is 2.19. The summed E-state index contributed by atoms with van der Waals surface area (Å²) < 4.78 is 10.9. The van der Waals surface area contributed by atoms with Crippen LogP contribution in [0.15, 0.2) is 12.7 Å². The lowest BCUT2D eigenvalue weighted by Crippen LogP contribution is -2.43. The predicted octanol–water partition coefficient (Wildman–Crippen LogP) is 2.37. The third-order valence-electron chi connectivity index (χ3n) is 2.12. The van der Waals surface area contributed by atoms with Crippen molar-refractivity contribution in [3.63, 3.8) is 0 Å². The molecule has 1 N–H and O–H groups in total. The highest BCUT2D eigenvalue weighted by molar-refractivity contribution is 4.73. The van der Waals surface area contributed by atoms with Gasteiger partial charge in [0.1, 0.15) is 0 Å². The lowest BCUT2D eigenvalue weighted by atomic mass is 10.1. The number of allylic oxidation sites excluding steroid dienone is 1. The zero-order valence-corrected chi connectivity index (χ0v) is 11.2. The molecule has 0 saturated carbocycles. The number of hydrogen-bond donors (Lipinski definition) is 1. The summed E-state index contributed by atoms with van der Waals surface area (Å²) in [5.41, 5.74) is 0.121. The second-order valence-corrected chi connectivity index (χ2v) is 5.01. The van der Waals surface area contributed by atoms with E-state index < -0.39 is 0 Å². The van der Waals surface area contributed by atoms with Crippen LogP contribution < -0.4 is 5.32 Å². The van der Waals surface area contributed by atoms with Crippen LogP contribution in [-0.2, 0) is 9.47 Å². The second kappa shape index (κ2) is 8.74. The van der Waals surface area contributed by atoms with Crippen LogP contribution in [-0.4, -0.2) is 38.5 Å². The molecule has 96 valence electrons. The summed E-state index contributed by atoms with van der Waals surface area (Å²) in [7, 11) is 1.71. The fraction of sp³-hybridized carbons (Fsp3) is 0.846. The van der Waals surface area contributed by atoms with Gasteiger partial charge in [-0.3, -0.25) is 0 Å². The van der Waals surface area contributed by atoms with Gasteiger partial charge >= 0.3 is 0 Å². The zero-order chi connectivity index (χ0) is 12.4. The summed E-state index contributed by atoms with van der Waals surface area (Å²) >= 11 is 0. The van der Waals surface area contributed by atoms with E-state index in [9.17, 15) is 0 Å². The van der Waals surface area contributed by atoms with Gasteiger partial charge in [-0.15, -0.1) is 6.58 Å². The van der Waals surface area contributed by atoms with E-state index in [0.717, 1.165) is 26.0 Å². The van der Waals surface area contributed by atoms with Crippen LogP contribution in [0.5, 0.6) is 0 Å².